The van der Waals surface area contributed by atoms with E-state index >= 15 is 0 Å². The molecule has 3 heterocycles. The Bertz CT molecular complexity index is 1030. The molecule has 4 rings (SSSR count). The standard InChI is InChI=1S/C23H28N6O2/c1-17-4-3-5-19(25-17)16-28-13-11-22-27-26-21(29(22)15-14-28)10-12-24-23(30)18-6-8-20(31-2)9-7-18/h3-9H,10-16H2,1-2H3,(H,24,30). The van der Waals surface area contributed by atoms with Crippen LogP contribution in [0.25, 0.3) is 0 Å². The fraction of sp³-hybridized carbons (Fsp3) is 0.391. The summed E-state index contributed by atoms with van der Waals surface area (Å²) in [5, 5.41) is 11.7. The molecule has 0 saturated carbocycles. The molecule has 0 fully saturated rings. The molecule has 8 nitrogen and oxygen atoms in total. The minimum atomic E-state index is -0.102. The number of carbonyl (C=O) groups excluding carboxylic acids is 1. The Morgan fingerprint density at radius 2 is 1.94 bits per heavy atom. The monoisotopic (exact) mass is 420 g/mol. The van der Waals surface area contributed by atoms with Gasteiger partial charge in [-0.05, 0) is 43.3 Å². The van der Waals surface area contributed by atoms with Gasteiger partial charge in [-0.25, -0.2) is 0 Å². The van der Waals surface area contributed by atoms with E-state index in [1.807, 2.05) is 13.0 Å². The van der Waals surface area contributed by atoms with Gasteiger partial charge >= 0.3 is 0 Å². The Morgan fingerprint density at radius 3 is 2.71 bits per heavy atom. The largest absolute Gasteiger partial charge is 0.497 e. The number of nitrogens with zero attached hydrogens (tertiary/aromatic N) is 5. The van der Waals surface area contributed by atoms with Crippen LogP contribution in [0.15, 0.2) is 42.5 Å². The Kier molecular flexibility index (Phi) is 6.57. The number of hydrogen-bond donors (Lipinski definition) is 1. The molecule has 8 heteroatoms. The highest BCUT2D eigenvalue weighted by atomic mass is 16.5. The highest BCUT2D eigenvalue weighted by molar-refractivity contribution is 5.94. The van der Waals surface area contributed by atoms with Crippen LogP contribution < -0.4 is 10.1 Å². The molecule has 3 aromatic rings. The molecule has 162 valence electrons. The number of ether oxygens (including phenoxy) is 1. The van der Waals surface area contributed by atoms with Crippen LogP contribution >= 0.6 is 0 Å². The van der Waals surface area contributed by atoms with Gasteiger partial charge < -0.3 is 14.6 Å². The van der Waals surface area contributed by atoms with Crippen LogP contribution in [0, 0.1) is 6.92 Å². The van der Waals surface area contributed by atoms with Crippen LogP contribution in [0.1, 0.15) is 33.4 Å². The van der Waals surface area contributed by atoms with E-state index in [-0.39, 0.29) is 5.91 Å². The summed E-state index contributed by atoms with van der Waals surface area (Å²) < 4.78 is 7.33. The van der Waals surface area contributed by atoms with Crippen LogP contribution in [0.2, 0.25) is 0 Å². The molecule has 1 aliphatic heterocycles. The number of aryl methyl sites for hydroxylation is 1. The van der Waals surface area contributed by atoms with Gasteiger partial charge in [-0.3, -0.25) is 14.7 Å². The number of benzene rings is 1. The van der Waals surface area contributed by atoms with E-state index in [1.165, 1.54) is 0 Å². The van der Waals surface area contributed by atoms with Crippen LogP contribution in [0.4, 0.5) is 0 Å². The molecule has 0 aliphatic carbocycles. The Hall–Kier alpha value is -3.26. The number of fused-ring (bicyclic) bond motifs is 1. The summed E-state index contributed by atoms with van der Waals surface area (Å²) in [5.41, 5.74) is 2.75. The smallest absolute Gasteiger partial charge is 0.251 e. The van der Waals surface area contributed by atoms with Crippen LogP contribution in [-0.2, 0) is 25.9 Å². The van der Waals surface area contributed by atoms with Crippen LogP contribution in [-0.4, -0.2) is 57.3 Å². The summed E-state index contributed by atoms with van der Waals surface area (Å²) in [5.74, 6) is 2.56. The van der Waals surface area contributed by atoms with Crippen LogP contribution in [0.5, 0.6) is 5.75 Å². The second-order valence-corrected chi connectivity index (χ2v) is 7.71. The van der Waals surface area contributed by atoms with Crippen LogP contribution in [0.3, 0.4) is 0 Å². The predicted octanol–water partition coefficient (Wildman–Crippen LogP) is 2.02. The minimum absolute atomic E-state index is 0.102. The lowest BCUT2D eigenvalue weighted by atomic mass is 10.2. The molecule has 0 spiro atoms. The molecular weight excluding hydrogens is 392 g/mol. The molecule has 0 bridgehead atoms. The topological polar surface area (TPSA) is 85.2 Å². The summed E-state index contributed by atoms with van der Waals surface area (Å²) in [6.07, 6.45) is 1.51. The third kappa shape index (κ3) is 5.27. The van der Waals surface area contributed by atoms with Crippen molar-refractivity contribution < 1.29 is 9.53 Å². The van der Waals surface area contributed by atoms with Gasteiger partial charge in [0.25, 0.3) is 5.91 Å². The third-order valence-corrected chi connectivity index (χ3v) is 5.51. The summed E-state index contributed by atoms with van der Waals surface area (Å²) in [7, 11) is 1.61. The summed E-state index contributed by atoms with van der Waals surface area (Å²) in [6, 6.07) is 13.2. The number of aromatic nitrogens is 4. The minimum Gasteiger partial charge on any atom is -0.497 e. The zero-order valence-corrected chi connectivity index (χ0v) is 18.0. The number of methoxy groups -OCH3 is 1. The predicted molar refractivity (Wildman–Crippen MR) is 117 cm³/mol. The zero-order valence-electron chi connectivity index (χ0n) is 18.0. The van der Waals surface area contributed by atoms with Crippen molar-refractivity contribution in [3.05, 3.63) is 71.1 Å². The van der Waals surface area contributed by atoms with Crippen molar-refractivity contribution in [2.24, 2.45) is 0 Å². The number of carbonyl (C=O) groups is 1. The van der Waals surface area contributed by atoms with E-state index in [1.54, 1.807) is 31.4 Å². The van der Waals surface area contributed by atoms with Gasteiger partial charge in [0.2, 0.25) is 0 Å². The quantitative estimate of drug-likeness (QED) is 0.630. The first-order valence-corrected chi connectivity index (χ1v) is 10.6. The number of hydrogen-bond acceptors (Lipinski definition) is 6. The van der Waals surface area contributed by atoms with E-state index in [4.69, 9.17) is 4.74 Å². The van der Waals surface area contributed by atoms with Crippen molar-refractivity contribution in [2.45, 2.75) is 32.9 Å². The number of rotatable bonds is 7. The Morgan fingerprint density at radius 1 is 1.10 bits per heavy atom. The zero-order chi connectivity index (χ0) is 21.6. The second-order valence-electron chi connectivity index (χ2n) is 7.71. The van der Waals surface area contributed by atoms with Crippen molar-refractivity contribution in [1.29, 1.82) is 0 Å². The molecule has 2 aromatic heterocycles. The van der Waals surface area contributed by atoms with Gasteiger partial charge in [-0.15, -0.1) is 10.2 Å². The van der Waals surface area contributed by atoms with E-state index in [0.29, 0.717) is 18.5 Å². The highest BCUT2D eigenvalue weighted by Crippen LogP contribution is 2.13. The summed E-state index contributed by atoms with van der Waals surface area (Å²) in [4.78, 5) is 19.4. The average Bonchev–Trinajstić information content (AvgIpc) is 3.06. The first-order chi connectivity index (χ1) is 15.1. The summed E-state index contributed by atoms with van der Waals surface area (Å²) in [6.45, 7) is 6.07. The van der Waals surface area contributed by atoms with Gasteiger partial charge in [0.05, 0.1) is 12.8 Å². The molecule has 1 aromatic carbocycles. The van der Waals surface area contributed by atoms with Crippen molar-refractivity contribution in [3.63, 3.8) is 0 Å². The van der Waals surface area contributed by atoms with Gasteiger partial charge in [-0.2, -0.15) is 0 Å². The third-order valence-electron chi connectivity index (χ3n) is 5.51. The Balaban J connectivity index is 1.30. The lowest BCUT2D eigenvalue weighted by Gasteiger charge is -2.19. The summed E-state index contributed by atoms with van der Waals surface area (Å²) >= 11 is 0. The maximum atomic E-state index is 12.3. The number of amides is 1. The molecule has 1 aliphatic rings. The lowest BCUT2D eigenvalue weighted by Crippen LogP contribution is -2.28. The number of nitrogens with one attached hydrogen (secondary N) is 1. The van der Waals surface area contributed by atoms with Crippen molar-refractivity contribution >= 4 is 5.91 Å². The fourth-order valence-electron chi connectivity index (χ4n) is 3.82. The van der Waals surface area contributed by atoms with E-state index in [2.05, 4.69) is 42.1 Å². The number of pyridine rings is 1. The first-order valence-electron chi connectivity index (χ1n) is 10.6. The van der Waals surface area contributed by atoms with Crippen molar-refractivity contribution in [3.8, 4) is 5.75 Å². The SMILES string of the molecule is COc1ccc(C(=O)NCCc2nnc3n2CCN(Cc2cccc(C)n2)CC3)cc1. The Labute approximate surface area is 182 Å². The fourth-order valence-corrected chi connectivity index (χ4v) is 3.82. The van der Waals surface area contributed by atoms with E-state index < -0.39 is 0 Å². The van der Waals surface area contributed by atoms with Gasteiger partial charge in [0.15, 0.2) is 0 Å². The molecule has 1 amide bonds. The first kappa shape index (κ1) is 21.0. The van der Waals surface area contributed by atoms with E-state index in [9.17, 15) is 4.79 Å². The van der Waals surface area contributed by atoms with Gasteiger partial charge in [0, 0.05) is 56.8 Å². The van der Waals surface area contributed by atoms with E-state index in [0.717, 1.165) is 61.4 Å². The molecule has 1 N–H and O–H groups in total. The highest BCUT2D eigenvalue weighted by Gasteiger charge is 2.19. The maximum Gasteiger partial charge on any atom is 0.251 e. The molecule has 31 heavy (non-hydrogen) atoms. The maximum absolute atomic E-state index is 12.3. The van der Waals surface area contributed by atoms with Crippen molar-refractivity contribution in [2.75, 3.05) is 26.7 Å². The molecule has 0 saturated heterocycles. The van der Waals surface area contributed by atoms with Gasteiger partial charge in [0.1, 0.15) is 17.4 Å². The normalized spacial score (nSPS) is 14.0. The second kappa shape index (κ2) is 9.70. The molecular formula is C23H28N6O2. The lowest BCUT2D eigenvalue weighted by molar-refractivity contribution is 0.0954. The average molecular weight is 421 g/mol. The van der Waals surface area contributed by atoms with Crippen molar-refractivity contribution in [1.82, 2.24) is 30.0 Å². The molecule has 0 atom stereocenters. The molecule has 0 radical (unpaired) electrons. The van der Waals surface area contributed by atoms with Gasteiger partial charge in [-0.1, -0.05) is 6.07 Å². The molecule has 0 unspecified atom stereocenters.